The van der Waals surface area contributed by atoms with Gasteiger partial charge in [-0.2, -0.15) is 5.10 Å². The number of piperidine rings is 1. The number of fused-ring (bicyclic) bond motifs is 1. The molecule has 170 valence electrons. The Bertz CT molecular complexity index is 1220. The van der Waals surface area contributed by atoms with Crippen molar-refractivity contribution in [3.05, 3.63) is 67.1 Å². The van der Waals surface area contributed by atoms with Crippen molar-refractivity contribution in [3.63, 3.8) is 0 Å². The van der Waals surface area contributed by atoms with Crippen LogP contribution in [-0.2, 0) is 11.2 Å². The van der Waals surface area contributed by atoms with Crippen LogP contribution in [0.4, 0.5) is 0 Å². The van der Waals surface area contributed by atoms with E-state index in [1.54, 1.807) is 10.8 Å². The first-order chi connectivity index (χ1) is 16.2. The fourth-order valence-corrected chi connectivity index (χ4v) is 4.85. The molecular weight excluding hydrogens is 432 g/mol. The minimum absolute atomic E-state index is 0.718. The van der Waals surface area contributed by atoms with Crippen LogP contribution in [0.2, 0.25) is 0 Å². The Balaban J connectivity index is 1.29. The molecule has 0 radical (unpaired) electrons. The van der Waals surface area contributed by atoms with Crippen molar-refractivity contribution in [1.82, 2.24) is 19.5 Å². The summed E-state index contributed by atoms with van der Waals surface area (Å²) < 4.78 is 19.6. The van der Waals surface area contributed by atoms with Gasteiger partial charge in [-0.3, -0.25) is 4.90 Å². The first-order valence-electron chi connectivity index (χ1n) is 11.4. The van der Waals surface area contributed by atoms with Crippen molar-refractivity contribution in [2.75, 3.05) is 32.5 Å². The first kappa shape index (κ1) is 21.9. The molecule has 1 saturated heterocycles. The summed E-state index contributed by atoms with van der Waals surface area (Å²) in [7, 11) is 0. The van der Waals surface area contributed by atoms with Gasteiger partial charge >= 0.3 is 0 Å². The SMILES string of the molecule is C[S+]([O-])c1cccc(-c2cnn3cc(-c4ccc(OCCN5CCCCC5)cc4)cnc23)c1. The molecule has 2 aromatic heterocycles. The molecule has 7 heteroatoms. The van der Waals surface area contributed by atoms with Crippen LogP contribution < -0.4 is 4.74 Å². The summed E-state index contributed by atoms with van der Waals surface area (Å²) in [6, 6.07) is 15.9. The molecule has 33 heavy (non-hydrogen) atoms. The highest BCUT2D eigenvalue weighted by Gasteiger charge is 2.13. The standard InChI is InChI=1S/C26H28N4O2S/c1-33(31)24-7-5-6-21(16-24)25-18-28-30-19-22(17-27-26(25)30)20-8-10-23(11-9-20)32-15-14-29-12-3-2-4-13-29/h5-11,16-19H,2-4,12-15H2,1H3. The third-order valence-corrected chi connectivity index (χ3v) is 7.06. The molecule has 0 bridgehead atoms. The summed E-state index contributed by atoms with van der Waals surface area (Å²) in [6.45, 7) is 4.09. The van der Waals surface area contributed by atoms with Crippen LogP contribution in [0.25, 0.3) is 27.9 Å². The molecule has 0 amide bonds. The van der Waals surface area contributed by atoms with E-state index in [4.69, 9.17) is 4.74 Å². The van der Waals surface area contributed by atoms with Crippen molar-refractivity contribution in [2.24, 2.45) is 0 Å². The van der Waals surface area contributed by atoms with E-state index in [0.29, 0.717) is 0 Å². The Morgan fingerprint density at radius 3 is 2.58 bits per heavy atom. The number of benzene rings is 2. The van der Waals surface area contributed by atoms with Crippen LogP contribution >= 0.6 is 0 Å². The van der Waals surface area contributed by atoms with Gasteiger partial charge in [0.2, 0.25) is 0 Å². The number of aromatic nitrogens is 3. The summed E-state index contributed by atoms with van der Waals surface area (Å²) in [5, 5.41) is 4.51. The molecule has 0 spiro atoms. The van der Waals surface area contributed by atoms with Gasteiger partial charge in [-0.15, -0.1) is 0 Å². The summed E-state index contributed by atoms with van der Waals surface area (Å²) in [5.74, 6) is 0.888. The van der Waals surface area contributed by atoms with Gasteiger partial charge in [0.1, 0.15) is 18.6 Å². The van der Waals surface area contributed by atoms with Crippen LogP contribution in [-0.4, -0.2) is 56.5 Å². The zero-order chi connectivity index (χ0) is 22.6. The van der Waals surface area contributed by atoms with Crippen molar-refractivity contribution >= 4 is 16.8 Å². The zero-order valence-corrected chi connectivity index (χ0v) is 19.6. The van der Waals surface area contributed by atoms with E-state index in [0.717, 1.165) is 51.7 Å². The fraction of sp³-hybridized carbons (Fsp3) is 0.308. The molecule has 0 N–H and O–H groups in total. The molecule has 5 rings (SSSR count). The molecule has 1 fully saturated rings. The van der Waals surface area contributed by atoms with E-state index in [1.807, 2.05) is 55.0 Å². The van der Waals surface area contributed by atoms with E-state index in [2.05, 4.69) is 27.1 Å². The highest BCUT2D eigenvalue weighted by Crippen LogP contribution is 2.28. The van der Waals surface area contributed by atoms with Gasteiger partial charge in [-0.25, -0.2) is 9.50 Å². The second-order valence-corrected chi connectivity index (χ2v) is 9.81. The normalized spacial score (nSPS) is 15.6. The third-order valence-electron chi connectivity index (χ3n) is 6.15. The fourth-order valence-electron chi connectivity index (χ4n) is 4.29. The number of hydrogen-bond acceptors (Lipinski definition) is 5. The smallest absolute Gasteiger partial charge is 0.162 e. The average molecular weight is 461 g/mol. The topological polar surface area (TPSA) is 65.7 Å². The van der Waals surface area contributed by atoms with Crippen LogP contribution in [0.5, 0.6) is 5.75 Å². The van der Waals surface area contributed by atoms with Gasteiger partial charge in [-0.05, 0) is 66.4 Å². The molecule has 1 unspecified atom stereocenters. The van der Waals surface area contributed by atoms with Crippen molar-refractivity contribution < 1.29 is 9.29 Å². The maximum atomic E-state index is 11.9. The summed E-state index contributed by atoms with van der Waals surface area (Å²) in [4.78, 5) is 7.95. The lowest BCUT2D eigenvalue weighted by atomic mass is 10.1. The van der Waals surface area contributed by atoms with E-state index >= 15 is 0 Å². The quantitative estimate of drug-likeness (QED) is 0.375. The molecule has 0 saturated carbocycles. The Hall–Kier alpha value is -2.87. The Kier molecular flexibility index (Phi) is 6.62. The highest BCUT2D eigenvalue weighted by molar-refractivity contribution is 7.90. The molecule has 1 aliphatic rings. The predicted octanol–water partition coefficient (Wildman–Crippen LogP) is 4.67. The number of likely N-dealkylation sites (tertiary alicyclic amines) is 1. The second kappa shape index (κ2) is 9.95. The molecular formula is C26H28N4O2S. The summed E-state index contributed by atoms with van der Waals surface area (Å²) >= 11 is -1.03. The number of nitrogens with zero attached hydrogens (tertiary/aromatic N) is 4. The van der Waals surface area contributed by atoms with Gasteiger partial charge < -0.3 is 9.29 Å². The Morgan fingerprint density at radius 1 is 0.970 bits per heavy atom. The highest BCUT2D eigenvalue weighted by atomic mass is 32.2. The summed E-state index contributed by atoms with van der Waals surface area (Å²) in [5.41, 5.74) is 4.71. The van der Waals surface area contributed by atoms with Crippen molar-refractivity contribution in [1.29, 1.82) is 0 Å². The Morgan fingerprint density at radius 2 is 1.79 bits per heavy atom. The maximum Gasteiger partial charge on any atom is 0.162 e. The van der Waals surface area contributed by atoms with Crippen molar-refractivity contribution in [2.45, 2.75) is 24.2 Å². The molecule has 1 aliphatic heterocycles. The van der Waals surface area contributed by atoms with Gasteiger partial charge in [0, 0.05) is 36.1 Å². The minimum atomic E-state index is -1.03. The van der Waals surface area contributed by atoms with E-state index in [9.17, 15) is 4.55 Å². The molecule has 4 aromatic rings. The van der Waals surface area contributed by atoms with Crippen LogP contribution in [0.3, 0.4) is 0 Å². The number of rotatable bonds is 7. The lowest BCUT2D eigenvalue weighted by Crippen LogP contribution is -2.33. The van der Waals surface area contributed by atoms with Crippen LogP contribution in [0.1, 0.15) is 19.3 Å². The maximum absolute atomic E-state index is 11.9. The van der Waals surface area contributed by atoms with Gasteiger partial charge in [0.25, 0.3) is 0 Å². The lowest BCUT2D eigenvalue weighted by molar-refractivity contribution is 0.183. The average Bonchev–Trinajstić information content (AvgIpc) is 3.29. The molecule has 1 atom stereocenters. The number of ether oxygens (including phenoxy) is 1. The van der Waals surface area contributed by atoms with Gasteiger partial charge in [-0.1, -0.05) is 30.7 Å². The molecule has 0 aliphatic carbocycles. The first-order valence-corrected chi connectivity index (χ1v) is 13.0. The van der Waals surface area contributed by atoms with Crippen molar-refractivity contribution in [3.8, 4) is 28.0 Å². The van der Waals surface area contributed by atoms with E-state index in [-0.39, 0.29) is 0 Å². The van der Waals surface area contributed by atoms with Gasteiger partial charge in [0.05, 0.1) is 6.20 Å². The molecule has 3 heterocycles. The van der Waals surface area contributed by atoms with Crippen LogP contribution in [0.15, 0.2) is 72.0 Å². The molecule has 2 aromatic carbocycles. The zero-order valence-electron chi connectivity index (χ0n) is 18.8. The largest absolute Gasteiger partial charge is 0.612 e. The summed E-state index contributed by atoms with van der Waals surface area (Å²) in [6.07, 6.45) is 11.3. The van der Waals surface area contributed by atoms with E-state index in [1.165, 1.54) is 32.4 Å². The molecule has 6 nitrogen and oxygen atoms in total. The predicted molar refractivity (Wildman–Crippen MR) is 132 cm³/mol. The van der Waals surface area contributed by atoms with Gasteiger partial charge in [0.15, 0.2) is 10.5 Å². The second-order valence-electron chi connectivity index (χ2n) is 8.43. The lowest BCUT2D eigenvalue weighted by Gasteiger charge is -2.26. The Labute approximate surface area is 197 Å². The van der Waals surface area contributed by atoms with E-state index < -0.39 is 11.2 Å². The third kappa shape index (κ3) is 5.05. The number of hydrogen-bond donors (Lipinski definition) is 0. The monoisotopic (exact) mass is 460 g/mol. The van der Waals surface area contributed by atoms with Crippen LogP contribution in [0, 0.1) is 0 Å². The minimum Gasteiger partial charge on any atom is -0.612 e.